The molecule has 1 unspecified atom stereocenters. The molecule has 28 heavy (non-hydrogen) atoms. The van der Waals surface area contributed by atoms with Crippen LogP contribution in [0.5, 0.6) is 0 Å². The van der Waals surface area contributed by atoms with Gasteiger partial charge < -0.3 is 14.5 Å². The number of aliphatic hydroxyl groups excluding tert-OH is 1. The Labute approximate surface area is 166 Å². The number of carbonyl (C=O) groups is 1. The first-order chi connectivity index (χ1) is 13.5. The average Bonchev–Trinajstić information content (AvgIpc) is 3.21. The van der Waals surface area contributed by atoms with Crippen molar-refractivity contribution in [3.05, 3.63) is 52.9 Å². The second-order valence-electron chi connectivity index (χ2n) is 8.39. The number of piperidine rings is 1. The van der Waals surface area contributed by atoms with E-state index in [9.17, 15) is 9.90 Å². The molecule has 1 aromatic carbocycles. The maximum atomic E-state index is 12.9. The molecular formula is C22H29N3O3. The van der Waals surface area contributed by atoms with Crippen LogP contribution in [0, 0.1) is 25.2 Å². The molecule has 2 saturated heterocycles. The minimum Gasteiger partial charge on any atom is -0.396 e. The molecule has 6 nitrogen and oxygen atoms in total. The summed E-state index contributed by atoms with van der Waals surface area (Å²) in [4.78, 5) is 17.3. The maximum absolute atomic E-state index is 12.9. The Morgan fingerprint density at radius 3 is 2.57 bits per heavy atom. The quantitative estimate of drug-likeness (QED) is 0.879. The summed E-state index contributed by atoms with van der Waals surface area (Å²) in [6.45, 7) is 8.08. The number of benzene rings is 1. The molecule has 1 atom stereocenters. The highest BCUT2D eigenvalue weighted by Gasteiger charge is 2.48. The Morgan fingerprint density at radius 2 is 1.96 bits per heavy atom. The third-order valence-electron chi connectivity index (χ3n) is 6.65. The lowest BCUT2D eigenvalue weighted by atomic mass is 9.71. The standard InChI is InChI=1S/C22H29N3O3/c1-16-20(17(2)28-23-16)21(27)25-10-8-22(9-11-25)15-24(13-19(22)14-26)12-18-6-4-3-5-7-18/h3-7,19,26H,8-15H2,1-2H3. The Kier molecular flexibility index (Phi) is 5.25. The van der Waals surface area contributed by atoms with E-state index in [0.717, 1.165) is 45.6 Å². The lowest BCUT2D eigenvalue weighted by Gasteiger charge is -2.42. The normalized spacial score (nSPS) is 22.1. The molecule has 1 aromatic heterocycles. The number of aromatic nitrogens is 1. The molecule has 1 amide bonds. The third-order valence-corrected chi connectivity index (χ3v) is 6.65. The summed E-state index contributed by atoms with van der Waals surface area (Å²) in [5, 5.41) is 14.0. The average molecular weight is 383 g/mol. The van der Waals surface area contributed by atoms with Crippen molar-refractivity contribution in [3.63, 3.8) is 0 Å². The van der Waals surface area contributed by atoms with Crippen LogP contribution in [0.25, 0.3) is 0 Å². The van der Waals surface area contributed by atoms with Crippen LogP contribution in [0.1, 0.15) is 40.2 Å². The van der Waals surface area contributed by atoms with Crippen LogP contribution < -0.4 is 0 Å². The number of hydrogen-bond donors (Lipinski definition) is 1. The molecule has 3 heterocycles. The highest BCUT2D eigenvalue weighted by atomic mass is 16.5. The van der Waals surface area contributed by atoms with Gasteiger partial charge in [-0.15, -0.1) is 0 Å². The van der Waals surface area contributed by atoms with Gasteiger partial charge in [-0.25, -0.2) is 0 Å². The molecule has 2 aliphatic heterocycles. The smallest absolute Gasteiger partial charge is 0.259 e. The molecule has 2 aliphatic rings. The number of likely N-dealkylation sites (tertiary alicyclic amines) is 2. The minimum atomic E-state index is 0.0192. The van der Waals surface area contributed by atoms with Gasteiger partial charge in [0, 0.05) is 45.2 Å². The highest BCUT2D eigenvalue weighted by Crippen LogP contribution is 2.45. The number of carbonyl (C=O) groups excluding carboxylic acids is 1. The molecule has 0 aliphatic carbocycles. The van der Waals surface area contributed by atoms with E-state index in [2.05, 4.69) is 34.3 Å². The van der Waals surface area contributed by atoms with Crippen LogP contribution in [-0.2, 0) is 6.54 Å². The molecule has 6 heteroatoms. The fraction of sp³-hybridized carbons (Fsp3) is 0.545. The van der Waals surface area contributed by atoms with E-state index in [-0.39, 0.29) is 23.8 Å². The number of aliphatic hydroxyl groups is 1. The van der Waals surface area contributed by atoms with Crippen molar-refractivity contribution in [2.75, 3.05) is 32.8 Å². The van der Waals surface area contributed by atoms with Crippen molar-refractivity contribution in [2.45, 2.75) is 33.2 Å². The van der Waals surface area contributed by atoms with Gasteiger partial charge in [0.2, 0.25) is 0 Å². The van der Waals surface area contributed by atoms with Crippen LogP contribution >= 0.6 is 0 Å². The van der Waals surface area contributed by atoms with E-state index >= 15 is 0 Å². The third kappa shape index (κ3) is 3.47. The Bertz CT molecular complexity index is 805. The van der Waals surface area contributed by atoms with Gasteiger partial charge in [-0.1, -0.05) is 35.5 Å². The van der Waals surface area contributed by atoms with Crippen LogP contribution in [-0.4, -0.2) is 58.8 Å². The molecule has 1 N–H and O–H groups in total. The van der Waals surface area contributed by atoms with E-state index in [1.165, 1.54) is 5.56 Å². The first-order valence-corrected chi connectivity index (χ1v) is 10.1. The molecule has 1 spiro atoms. The van der Waals surface area contributed by atoms with Gasteiger partial charge in [-0.3, -0.25) is 9.69 Å². The highest BCUT2D eigenvalue weighted by molar-refractivity contribution is 5.96. The van der Waals surface area contributed by atoms with Crippen molar-refractivity contribution in [3.8, 4) is 0 Å². The van der Waals surface area contributed by atoms with Gasteiger partial charge in [-0.05, 0) is 37.7 Å². The SMILES string of the molecule is Cc1noc(C)c1C(=O)N1CCC2(CC1)CN(Cc1ccccc1)CC2CO. The van der Waals surface area contributed by atoms with E-state index in [0.29, 0.717) is 17.0 Å². The molecule has 0 radical (unpaired) electrons. The molecule has 0 saturated carbocycles. The fourth-order valence-corrected chi connectivity index (χ4v) is 5.03. The molecular weight excluding hydrogens is 354 g/mol. The van der Waals surface area contributed by atoms with E-state index in [1.54, 1.807) is 6.92 Å². The largest absolute Gasteiger partial charge is 0.396 e. The Morgan fingerprint density at radius 1 is 1.25 bits per heavy atom. The van der Waals surface area contributed by atoms with E-state index < -0.39 is 0 Å². The van der Waals surface area contributed by atoms with Crippen LogP contribution in [0.4, 0.5) is 0 Å². The Hall–Kier alpha value is -2.18. The van der Waals surface area contributed by atoms with Crippen molar-refractivity contribution in [2.24, 2.45) is 11.3 Å². The second-order valence-corrected chi connectivity index (χ2v) is 8.39. The van der Waals surface area contributed by atoms with Crippen molar-refractivity contribution in [1.82, 2.24) is 15.0 Å². The first-order valence-electron chi connectivity index (χ1n) is 10.1. The van der Waals surface area contributed by atoms with Crippen LogP contribution in [0.2, 0.25) is 0 Å². The molecule has 2 fully saturated rings. The van der Waals surface area contributed by atoms with Gasteiger partial charge in [0.05, 0.1) is 5.69 Å². The number of hydrogen-bond acceptors (Lipinski definition) is 5. The maximum Gasteiger partial charge on any atom is 0.259 e. The predicted octanol–water partition coefficient (Wildman–Crippen LogP) is 2.64. The zero-order chi connectivity index (χ0) is 19.7. The zero-order valence-electron chi connectivity index (χ0n) is 16.7. The zero-order valence-corrected chi connectivity index (χ0v) is 16.7. The van der Waals surface area contributed by atoms with Gasteiger partial charge in [0.15, 0.2) is 0 Å². The second kappa shape index (κ2) is 7.68. The monoisotopic (exact) mass is 383 g/mol. The van der Waals surface area contributed by atoms with Gasteiger partial charge in [-0.2, -0.15) is 0 Å². The van der Waals surface area contributed by atoms with Gasteiger partial charge in [0.25, 0.3) is 5.91 Å². The van der Waals surface area contributed by atoms with Crippen LogP contribution in [0.3, 0.4) is 0 Å². The fourth-order valence-electron chi connectivity index (χ4n) is 5.03. The van der Waals surface area contributed by atoms with Crippen molar-refractivity contribution < 1.29 is 14.4 Å². The topological polar surface area (TPSA) is 69.8 Å². The summed E-state index contributed by atoms with van der Waals surface area (Å²) in [7, 11) is 0. The first kappa shape index (κ1) is 19.2. The molecule has 0 bridgehead atoms. The summed E-state index contributed by atoms with van der Waals surface area (Å²) < 4.78 is 5.17. The van der Waals surface area contributed by atoms with Gasteiger partial charge in [0.1, 0.15) is 11.3 Å². The number of amides is 1. The number of rotatable bonds is 4. The lowest BCUT2D eigenvalue weighted by molar-refractivity contribution is 0.0400. The molecule has 4 rings (SSSR count). The van der Waals surface area contributed by atoms with E-state index in [4.69, 9.17) is 4.52 Å². The van der Waals surface area contributed by atoms with Crippen molar-refractivity contribution >= 4 is 5.91 Å². The molecule has 150 valence electrons. The minimum absolute atomic E-state index is 0.0192. The lowest BCUT2D eigenvalue weighted by Crippen LogP contribution is -2.47. The van der Waals surface area contributed by atoms with Crippen molar-refractivity contribution in [1.29, 1.82) is 0 Å². The number of nitrogens with zero attached hydrogens (tertiary/aromatic N) is 3. The summed E-state index contributed by atoms with van der Waals surface area (Å²) in [6, 6.07) is 10.5. The van der Waals surface area contributed by atoms with E-state index in [1.807, 2.05) is 17.9 Å². The Balaban J connectivity index is 1.43. The number of aryl methyl sites for hydroxylation is 2. The van der Waals surface area contributed by atoms with Crippen LogP contribution in [0.15, 0.2) is 34.9 Å². The molecule has 2 aromatic rings. The summed E-state index contributed by atoms with van der Waals surface area (Å²) in [6.07, 6.45) is 1.86. The summed E-state index contributed by atoms with van der Waals surface area (Å²) in [5.41, 5.74) is 2.67. The summed E-state index contributed by atoms with van der Waals surface area (Å²) in [5.74, 6) is 0.879. The predicted molar refractivity (Wildman–Crippen MR) is 106 cm³/mol. The summed E-state index contributed by atoms with van der Waals surface area (Å²) >= 11 is 0. The van der Waals surface area contributed by atoms with Gasteiger partial charge >= 0.3 is 0 Å².